The van der Waals surface area contributed by atoms with E-state index in [1.54, 1.807) is 6.07 Å². The zero-order chi connectivity index (χ0) is 9.84. The van der Waals surface area contributed by atoms with E-state index < -0.39 is 0 Å². The summed E-state index contributed by atoms with van der Waals surface area (Å²) in [5.41, 5.74) is 7.31. The van der Waals surface area contributed by atoms with Crippen molar-refractivity contribution in [3.63, 3.8) is 0 Å². The van der Waals surface area contributed by atoms with Crippen LogP contribution in [-0.4, -0.2) is 6.61 Å². The van der Waals surface area contributed by atoms with Crippen LogP contribution in [0.3, 0.4) is 0 Å². The lowest BCUT2D eigenvalue weighted by molar-refractivity contribution is 0.357. The highest BCUT2D eigenvalue weighted by Crippen LogP contribution is 2.20. The van der Waals surface area contributed by atoms with E-state index in [2.05, 4.69) is 6.58 Å². The van der Waals surface area contributed by atoms with Crippen LogP contribution < -0.4 is 10.5 Å². The third-order valence-electron chi connectivity index (χ3n) is 1.58. The lowest BCUT2D eigenvalue weighted by Gasteiger charge is -2.08. The van der Waals surface area contributed by atoms with Crippen molar-refractivity contribution in [3.05, 3.63) is 35.4 Å². The Morgan fingerprint density at radius 2 is 2.31 bits per heavy atom. The Balaban J connectivity index is 2.72. The molecule has 0 fully saturated rings. The molecular weight excluding hydrogens is 186 g/mol. The number of nitrogen functional groups attached to an aromatic ring is 1. The number of halogens is 1. The van der Waals surface area contributed by atoms with Gasteiger partial charge in [0, 0.05) is 10.7 Å². The molecule has 0 bridgehead atoms. The van der Waals surface area contributed by atoms with E-state index in [0.717, 1.165) is 17.0 Å². The molecule has 0 spiro atoms. The minimum absolute atomic E-state index is 0.326. The minimum Gasteiger partial charge on any atom is -0.488 e. The van der Waals surface area contributed by atoms with E-state index >= 15 is 0 Å². The molecule has 3 heteroatoms. The first-order valence-electron chi connectivity index (χ1n) is 3.92. The molecule has 0 heterocycles. The van der Waals surface area contributed by atoms with Gasteiger partial charge in [0.25, 0.3) is 0 Å². The van der Waals surface area contributed by atoms with Gasteiger partial charge in [0.1, 0.15) is 12.4 Å². The normalized spacial score (nSPS) is 9.69. The van der Waals surface area contributed by atoms with Crippen LogP contribution in [0.15, 0.2) is 29.8 Å². The fourth-order valence-electron chi connectivity index (χ4n) is 0.991. The maximum Gasteiger partial charge on any atom is 0.123 e. The van der Waals surface area contributed by atoms with Crippen LogP contribution in [-0.2, 0) is 0 Å². The van der Waals surface area contributed by atoms with Gasteiger partial charge < -0.3 is 10.5 Å². The quantitative estimate of drug-likeness (QED) is 0.757. The predicted octanol–water partition coefficient (Wildman–Crippen LogP) is 2.71. The van der Waals surface area contributed by atoms with Gasteiger partial charge in [-0.3, -0.25) is 0 Å². The largest absolute Gasteiger partial charge is 0.488 e. The van der Waals surface area contributed by atoms with E-state index in [0.29, 0.717) is 11.6 Å². The number of hydrogen-bond donors (Lipinski definition) is 1. The SMILES string of the molecule is C=C(Cl)COc1ccc(N)cc1C. The van der Waals surface area contributed by atoms with Crippen LogP contribution in [0.5, 0.6) is 5.75 Å². The highest BCUT2D eigenvalue weighted by molar-refractivity contribution is 6.29. The zero-order valence-corrected chi connectivity index (χ0v) is 8.27. The molecule has 1 aromatic carbocycles. The van der Waals surface area contributed by atoms with Crippen molar-refractivity contribution in [2.45, 2.75) is 6.92 Å². The molecular formula is C10H12ClNO. The smallest absolute Gasteiger partial charge is 0.123 e. The average molecular weight is 198 g/mol. The van der Waals surface area contributed by atoms with Crippen molar-refractivity contribution in [1.29, 1.82) is 0 Å². The van der Waals surface area contributed by atoms with Gasteiger partial charge in [0.05, 0.1) is 0 Å². The summed E-state index contributed by atoms with van der Waals surface area (Å²) in [7, 11) is 0. The van der Waals surface area contributed by atoms with Crippen LogP contribution in [0.2, 0.25) is 0 Å². The number of rotatable bonds is 3. The fourth-order valence-corrected chi connectivity index (χ4v) is 1.05. The number of anilines is 1. The van der Waals surface area contributed by atoms with Crippen molar-refractivity contribution in [2.24, 2.45) is 0 Å². The van der Waals surface area contributed by atoms with E-state index in [9.17, 15) is 0 Å². The highest BCUT2D eigenvalue weighted by Gasteiger charge is 1.99. The Bertz CT molecular complexity index is 323. The molecule has 0 saturated carbocycles. The lowest BCUT2D eigenvalue weighted by atomic mass is 10.2. The first kappa shape index (κ1) is 9.93. The molecule has 0 radical (unpaired) electrons. The Labute approximate surface area is 83.0 Å². The van der Waals surface area contributed by atoms with Crippen LogP contribution in [0.25, 0.3) is 0 Å². The molecule has 2 N–H and O–H groups in total. The molecule has 0 unspecified atom stereocenters. The minimum atomic E-state index is 0.326. The molecule has 0 atom stereocenters. The van der Waals surface area contributed by atoms with Crippen molar-refractivity contribution >= 4 is 17.3 Å². The summed E-state index contributed by atoms with van der Waals surface area (Å²) in [4.78, 5) is 0. The number of hydrogen-bond acceptors (Lipinski definition) is 2. The molecule has 0 aliphatic rings. The Hall–Kier alpha value is -1.15. The summed E-state index contributed by atoms with van der Waals surface area (Å²) in [5, 5.41) is 0.483. The molecule has 13 heavy (non-hydrogen) atoms. The standard InChI is InChI=1S/C10H12ClNO/c1-7-5-9(12)3-4-10(7)13-6-8(2)11/h3-5H,2,6,12H2,1H3. The molecule has 0 aliphatic heterocycles. The van der Waals surface area contributed by atoms with Crippen LogP contribution in [0.1, 0.15) is 5.56 Å². The Kier molecular flexibility index (Phi) is 3.20. The second-order valence-electron chi connectivity index (χ2n) is 2.83. The van der Waals surface area contributed by atoms with Gasteiger partial charge in [-0.15, -0.1) is 0 Å². The van der Waals surface area contributed by atoms with Crippen LogP contribution in [0, 0.1) is 6.92 Å². The maximum atomic E-state index is 5.58. The number of nitrogens with two attached hydrogens (primary N) is 1. The van der Waals surface area contributed by atoms with Gasteiger partial charge in [0.2, 0.25) is 0 Å². The predicted molar refractivity (Wildman–Crippen MR) is 56.1 cm³/mol. The molecule has 0 amide bonds. The molecule has 70 valence electrons. The third kappa shape index (κ3) is 2.99. The summed E-state index contributed by atoms with van der Waals surface area (Å²) in [6, 6.07) is 5.47. The van der Waals surface area contributed by atoms with Gasteiger partial charge in [-0.05, 0) is 30.7 Å². The van der Waals surface area contributed by atoms with Gasteiger partial charge in [-0.25, -0.2) is 0 Å². The number of aryl methyl sites for hydroxylation is 1. The maximum absolute atomic E-state index is 5.58. The highest BCUT2D eigenvalue weighted by atomic mass is 35.5. The van der Waals surface area contributed by atoms with E-state index in [4.69, 9.17) is 22.1 Å². The van der Waals surface area contributed by atoms with E-state index in [1.165, 1.54) is 0 Å². The zero-order valence-electron chi connectivity index (χ0n) is 7.51. The van der Waals surface area contributed by atoms with E-state index in [1.807, 2.05) is 19.1 Å². The second kappa shape index (κ2) is 4.19. The first-order chi connectivity index (χ1) is 6.09. The summed E-state index contributed by atoms with van der Waals surface area (Å²) in [5.74, 6) is 0.788. The van der Waals surface area contributed by atoms with Crippen molar-refractivity contribution in [2.75, 3.05) is 12.3 Å². The number of ether oxygens (including phenoxy) is 1. The lowest BCUT2D eigenvalue weighted by Crippen LogP contribution is -1.98. The van der Waals surface area contributed by atoms with Crippen molar-refractivity contribution in [1.82, 2.24) is 0 Å². The van der Waals surface area contributed by atoms with Gasteiger partial charge in [0.15, 0.2) is 0 Å². The molecule has 0 aromatic heterocycles. The Morgan fingerprint density at radius 1 is 1.62 bits per heavy atom. The van der Waals surface area contributed by atoms with Crippen LogP contribution >= 0.6 is 11.6 Å². The fraction of sp³-hybridized carbons (Fsp3) is 0.200. The van der Waals surface area contributed by atoms with Crippen LogP contribution in [0.4, 0.5) is 5.69 Å². The molecule has 2 nitrogen and oxygen atoms in total. The van der Waals surface area contributed by atoms with Gasteiger partial charge in [-0.1, -0.05) is 18.2 Å². The van der Waals surface area contributed by atoms with Crippen molar-refractivity contribution in [3.8, 4) is 5.75 Å². The van der Waals surface area contributed by atoms with Gasteiger partial charge >= 0.3 is 0 Å². The molecule has 1 rings (SSSR count). The van der Waals surface area contributed by atoms with E-state index in [-0.39, 0.29) is 0 Å². The third-order valence-corrected chi connectivity index (χ3v) is 1.69. The second-order valence-corrected chi connectivity index (χ2v) is 3.37. The number of benzene rings is 1. The monoisotopic (exact) mass is 197 g/mol. The van der Waals surface area contributed by atoms with Crippen molar-refractivity contribution < 1.29 is 4.74 Å². The average Bonchev–Trinajstić information content (AvgIpc) is 2.02. The summed E-state index contributed by atoms with van der Waals surface area (Å²) in [6.07, 6.45) is 0. The molecule has 0 saturated heterocycles. The molecule has 1 aromatic rings. The topological polar surface area (TPSA) is 35.2 Å². The van der Waals surface area contributed by atoms with Gasteiger partial charge in [-0.2, -0.15) is 0 Å². The first-order valence-corrected chi connectivity index (χ1v) is 4.29. The Morgan fingerprint density at radius 3 is 2.85 bits per heavy atom. The molecule has 0 aliphatic carbocycles. The summed E-state index contributed by atoms with van der Waals surface area (Å²) >= 11 is 5.57. The summed E-state index contributed by atoms with van der Waals surface area (Å²) < 4.78 is 5.37. The summed E-state index contributed by atoms with van der Waals surface area (Å²) in [6.45, 7) is 5.79.